The van der Waals surface area contributed by atoms with Crippen molar-refractivity contribution in [3.05, 3.63) is 28.4 Å². The van der Waals surface area contributed by atoms with Gasteiger partial charge in [0.25, 0.3) is 5.69 Å². The minimum Gasteiger partial charge on any atom is -0.466 e. The molecular formula is C9H10N2O4. The van der Waals surface area contributed by atoms with Crippen molar-refractivity contribution in [1.82, 2.24) is 4.98 Å². The molecule has 0 bridgehead atoms. The van der Waals surface area contributed by atoms with Crippen LogP contribution in [0.4, 0.5) is 5.69 Å². The van der Waals surface area contributed by atoms with Gasteiger partial charge in [0.05, 0.1) is 18.1 Å². The normalized spacial score (nSPS) is 17.9. The van der Waals surface area contributed by atoms with Crippen molar-refractivity contribution in [1.29, 1.82) is 0 Å². The molecule has 80 valence electrons. The van der Waals surface area contributed by atoms with E-state index in [2.05, 4.69) is 4.98 Å². The first-order chi connectivity index (χ1) is 7.09. The molecule has 1 aromatic rings. The van der Waals surface area contributed by atoms with Gasteiger partial charge in [-0.2, -0.15) is 0 Å². The highest BCUT2D eigenvalue weighted by Gasteiger charge is 2.36. The maximum Gasteiger partial charge on any atom is 0.287 e. The predicted molar refractivity (Wildman–Crippen MR) is 50.7 cm³/mol. The molecule has 1 aromatic heterocycles. The maximum atomic E-state index is 10.4. The van der Waals surface area contributed by atoms with Gasteiger partial charge in [0.1, 0.15) is 6.20 Å². The molecule has 0 spiro atoms. The van der Waals surface area contributed by atoms with Crippen molar-refractivity contribution in [2.75, 3.05) is 13.2 Å². The van der Waals surface area contributed by atoms with Crippen molar-refractivity contribution in [2.24, 2.45) is 0 Å². The monoisotopic (exact) mass is 210 g/mol. The van der Waals surface area contributed by atoms with E-state index in [-0.39, 0.29) is 11.3 Å². The van der Waals surface area contributed by atoms with E-state index in [0.717, 1.165) is 0 Å². The van der Waals surface area contributed by atoms with Gasteiger partial charge in [-0.25, -0.2) is 4.98 Å². The Labute approximate surface area is 86.0 Å². The summed E-state index contributed by atoms with van der Waals surface area (Å²) in [5.74, 6) is 0.381. The van der Waals surface area contributed by atoms with Crippen LogP contribution >= 0.6 is 0 Å². The van der Waals surface area contributed by atoms with Gasteiger partial charge in [-0.3, -0.25) is 10.1 Å². The standard InChI is InChI=1S/C9H10N2O4/c1-9(5-14-6-9)15-8-3-2-7(4-10-8)11(12)13/h2-4H,5-6H2,1H3. The lowest BCUT2D eigenvalue weighted by molar-refractivity contribution is -0.385. The summed E-state index contributed by atoms with van der Waals surface area (Å²) >= 11 is 0. The molecule has 0 aliphatic carbocycles. The minimum absolute atomic E-state index is 0.0441. The van der Waals surface area contributed by atoms with E-state index in [4.69, 9.17) is 9.47 Å². The third kappa shape index (κ3) is 2.04. The second-order valence-corrected chi connectivity index (χ2v) is 3.66. The van der Waals surface area contributed by atoms with E-state index in [1.54, 1.807) is 0 Å². The molecule has 15 heavy (non-hydrogen) atoms. The van der Waals surface area contributed by atoms with Crippen LogP contribution in [0, 0.1) is 10.1 Å². The van der Waals surface area contributed by atoms with Crippen LogP contribution in [0.3, 0.4) is 0 Å². The van der Waals surface area contributed by atoms with Crippen molar-refractivity contribution in [3.63, 3.8) is 0 Å². The van der Waals surface area contributed by atoms with Gasteiger partial charge in [-0.05, 0) is 6.92 Å². The Hall–Kier alpha value is -1.69. The van der Waals surface area contributed by atoms with Crippen LogP contribution in [-0.4, -0.2) is 28.7 Å². The average Bonchev–Trinajstić information content (AvgIpc) is 2.16. The smallest absolute Gasteiger partial charge is 0.287 e. The SMILES string of the molecule is CC1(Oc2ccc([N+](=O)[O-])cn2)COC1. The highest BCUT2D eigenvalue weighted by atomic mass is 16.6. The van der Waals surface area contributed by atoms with E-state index >= 15 is 0 Å². The maximum absolute atomic E-state index is 10.4. The zero-order valence-corrected chi connectivity index (χ0v) is 8.17. The lowest BCUT2D eigenvalue weighted by Gasteiger charge is -2.37. The molecule has 1 fully saturated rings. The number of nitro groups is 1. The second-order valence-electron chi connectivity index (χ2n) is 3.66. The number of hydrogen-bond acceptors (Lipinski definition) is 5. The minimum atomic E-state index is -0.495. The highest BCUT2D eigenvalue weighted by Crippen LogP contribution is 2.24. The van der Waals surface area contributed by atoms with Gasteiger partial charge in [0, 0.05) is 12.1 Å². The Morgan fingerprint density at radius 3 is 2.73 bits per heavy atom. The van der Waals surface area contributed by atoms with Crippen LogP contribution in [0.15, 0.2) is 18.3 Å². The molecule has 2 heterocycles. The molecule has 0 radical (unpaired) electrons. The summed E-state index contributed by atoms with van der Waals surface area (Å²) in [6, 6.07) is 2.85. The zero-order valence-electron chi connectivity index (χ0n) is 8.17. The summed E-state index contributed by atoms with van der Waals surface area (Å²) in [7, 11) is 0. The Kier molecular flexibility index (Phi) is 2.28. The van der Waals surface area contributed by atoms with E-state index in [9.17, 15) is 10.1 Å². The molecule has 0 atom stereocenters. The summed E-state index contributed by atoms with van der Waals surface area (Å²) in [4.78, 5) is 13.7. The van der Waals surface area contributed by atoms with E-state index in [1.807, 2.05) is 6.92 Å². The van der Waals surface area contributed by atoms with Gasteiger partial charge >= 0.3 is 0 Å². The molecule has 0 aromatic carbocycles. The Morgan fingerprint density at radius 2 is 2.33 bits per heavy atom. The third-order valence-electron chi connectivity index (χ3n) is 2.10. The summed E-state index contributed by atoms with van der Waals surface area (Å²) in [6.07, 6.45) is 1.18. The van der Waals surface area contributed by atoms with Gasteiger partial charge in [0.15, 0.2) is 5.60 Å². The molecule has 0 N–H and O–H groups in total. The fraction of sp³-hybridized carbons (Fsp3) is 0.444. The number of ether oxygens (including phenoxy) is 2. The van der Waals surface area contributed by atoms with Crippen LogP contribution in [0.5, 0.6) is 5.88 Å². The molecular weight excluding hydrogens is 200 g/mol. The summed E-state index contributed by atoms with van der Waals surface area (Å²) < 4.78 is 10.5. The highest BCUT2D eigenvalue weighted by molar-refractivity contribution is 5.29. The Balaban J connectivity index is 2.07. The van der Waals surface area contributed by atoms with Crippen LogP contribution in [0.2, 0.25) is 0 Å². The third-order valence-corrected chi connectivity index (χ3v) is 2.10. The number of aromatic nitrogens is 1. The van der Waals surface area contributed by atoms with Gasteiger partial charge in [0.2, 0.25) is 5.88 Å². The van der Waals surface area contributed by atoms with Gasteiger partial charge in [-0.1, -0.05) is 0 Å². The molecule has 0 unspecified atom stereocenters. The first kappa shape index (κ1) is 9.85. The molecule has 6 heteroatoms. The number of nitrogens with zero attached hydrogens (tertiary/aromatic N) is 2. The van der Waals surface area contributed by atoms with Gasteiger partial charge < -0.3 is 9.47 Å². The second kappa shape index (κ2) is 3.47. The van der Waals surface area contributed by atoms with Crippen LogP contribution in [-0.2, 0) is 4.74 Å². The lowest BCUT2D eigenvalue weighted by Crippen LogP contribution is -2.51. The van der Waals surface area contributed by atoms with Crippen LogP contribution in [0.25, 0.3) is 0 Å². The number of rotatable bonds is 3. The topological polar surface area (TPSA) is 74.5 Å². The molecule has 0 saturated carbocycles. The van der Waals surface area contributed by atoms with Crippen molar-refractivity contribution in [3.8, 4) is 5.88 Å². The van der Waals surface area contributed by atoms with Crippen molar-refractivity contribution >= 4 is 5.69 Å². The first-order valence-electron chi connectivity index (χ1n) is 4.46. The Bertz CT molecular complexity index is 372. The fourth-order valence-corrected chi connectivity index (χ4v) is 1.24. The van der Waals surface area contributed by atoms with Crippen LogP contribution < -0.4 is 4.74 Å². The van der Waals surface area contributed by atoms with Crippen LogP contribution in [0.1, 0.15) is 6.92 Å². The van der Waals surface area contributed by atoms with Gasteiger partial charge in [-0.15, -0.1) is 0 Å². The Morgan fingerprint density at radius 1 is 1.60 bits per heavy atom. The molecule has 1 aliphatic rings. The molecule has 1 saturated heterocycles. The predicted octanol–water partition coefficient (Wildman–Crippen LogP) is 1.16. The van der Waals surface area contributed by atoms with E-state index < -0.39 is 4.92 Å². The largest absolute Gasteiger partial charge is 0.466 e. The van der Waals surface area contributed by atoms with E-state index in [0.29, 0.717) is 19.1 Å². The summed E-state index contributed by atoms with van der Waals surface area (Å²) in [5, 5.41) is 10.4. The first-order valence-corrected chi connectivity index (χ1v) is 4.46. The number of pyridine rings is 1. The van der Waals surface area contributed by atoms with Crippen molar-refractivity contribution < 1.29 is 14.4 Å². The fourth-order valence-electron chi connectivity index (χ4n) is 1.24. The summed E-state index contributed by atoms with van der Waals surface area (Å²) in [6.45, 7) is 2.94. The summed E-state index contributed by atoms with van der Waals surface area (Å²) in [5.41, 5.74) is -0.388. The molecule has 2 rings (SSSR count). The van der Waals surface area contributed by atoms with Crippen molar-refractivity contribution in [2.45, 2.75) is 12.5 Å². The van der Waals surface area contributed by atoms with E-state index in [1.165, 1.54) is 18.3 Å². The molecule has 6 nitrogen and oxygen atoms in total. The average molecular weight is 210 g/mol. The molecule has 0 amide bonds. The zero-order chi connectivity index (χ0) is 10.9. The number of hydrogen-bond donors (Lipinski definition) is 0. The lowest BCUT2D eigenvalue weighted by atomic mass is 10.1. The quantitative estimate of drug-likeness (QED) is 0.552. The molecule has 1 aliphatic heterocycles.